The first-order chi connectivity index (χ1) is 14.7. The van der Waals surface area contributed by atoms with E-state index < -0.39 is 17.8 Å². The van der Waals surface area contributed by atoms with E-state index in [-0.39, 0.29) is 35.9 Å². The number of benzene rings is 1. The van der Waals surface area contributed by atoms with Crippen molar-refractivity contribution in [3.8, 4) is 0 Å². The van der Waals surface area contributed by atoms with Gasteiger partial charge in [0.05, 0.1) is 5.69 Å². The van der Waals surface area contributed by atoms with Gasteiger partial charge in [-0.1, -0.05) is 13.8 Å². The maximum atomic E-state index is 13.2. The van der Waals surface area contributed by atoms with Crippen LogP contribution in [0.4, 0.5) is 10.1 Å². The van der Waals surface area contributed by atoms with Crippen molar-refractivity contribution in [3.63, 3.8) is 0 Å². The zero-order valence-corrected chi connectivity index (χ0v) is 18.2. The highest BCUT2D eigenvalue weighted by Gasteiger charge is 2.38. The van der Waals surface area contributed by atoms with Crippen LogP contribution in [-0.4, -0.2) is 53.5 Å². The van der Waals surface area contributed by atoms with Crippen LogP contribution in [-0.2, 0) is 14.4 Å². The van der Waals surface area contributed by atoms with Gasteiger partial charge in [0.25, 0.3) is 5.91 Å². The van der Waals surface area contributed by atoms with E-state index in [1.165, 1.54) is 29.3 Å². The second-order valence-electron chi connectivity index (χ2n) is 8.60. The first-order valence-electron chi connectivity index (χ1n) is 10.7. The SMILES string of the molecule is CC(C)C(C)NC(=O)C1CCN(C(=O)C2=NN(c3ccc(F)cc3)C(C(N)=O)C2)CC1. The molecule has 0 aliphatic carbocycles. The minimum absolute atomic E-state index is 0.0304. The van der Waals surface area contributed by atoms with Gasteiger partial charge < -0.3 is 16.0 Å². The molecular formula is C22H30FN5O3. The summed E-state index contributed by atoms with van der Waals surface area (Å²) in [6, 6.07) is 4.81. The number of halogens is 1. The quantitative estimate of drug-likeness (QED) is 0.714. The van der Waals surface area contributed by atoms with Crippen LogP contribution in [0.25, 0.3) is 0 Å². The van der Waals surface area contributed by atoms with Crippen LogP contribution in [0, 0.1) is 17.7 Å². The largest absolute Gasteiger partial charge is 0.368 e. The summed E-state index contributed by atoms with van der Waals surface area (Å²) in [4.78, 5) is 39.0. The van der Waals surface area contributed by atoms with E-state index in [0.29, 0.717) is 37.5 Å². The average molecular weight is 432 g/mol. The van der Waals surface area contributed by atoms with Crippen molar-refractivity contribution in [3.05, 3.63) is 30.1 Å². The number of hydrogen-bond acceptors (Lipinski definition) is 5. The van der Waals surface area contributed by atoms with Crippen LogP contribution in [0.2, 0.25) is 0 Å². The number of piperidine rings is 1. The molecule has 3 rings (SSSR count). The van der Waals surface area contributed by atoms with Crippen molar-refractivity contribution in [2.75, 3.05) is 18.1 Å². The normalized spacial score (nSPS) is 20.5. The molecule has 8 nitrogen and oxygen atoms in total. The number of nitrogens with two attached hydrogens (primary N) is 1. The van der Waals surface area contributed by atoms with Crippen molar-refractivity contribution in [1.29, 1.82) is 0 Å². The summed E-state index contributed by atoms with van der Waals surface area (Å²) in [5, 5.41) is 8.76. The number of anilines is 1. The molecule has 2 unspecified atom stereocenters. The summed E-state index contributed by atoms with van der Waals surface area (Å²) in [7, 11) is 0. The van der Waals surface area contributed by atoms with Crippen LogP contribution in [0.15, 0.2) is 29.4 Å². The Morgan fingerprint density at radius 1 is 1.13 bits per heavy atom. The lowest BCUT2D eigenvalue weighted by molar-refractivity contribution is -0.131. The predicted molar refractivity (Wildman–Crippen MR) is 116 cm³/mol. The summed E-state index contributed by atoms with van der Waals surface area (Å²) in [6.07, 6.45) is 1.26. The van der Waals surface area contributed by atoms with E-state index in [0.717, 1.165) is 0 Å². The van der Waals surface area contributed by atoms with E-state index in [2.05, 4.69) is 24.3 Å². The van der Waals surface area contributed by atoms with Gasteiger partial charge in [-0.05, 0) is 49.9 Å². The van der Waals surface area contributed by atoms with Crippen molar-refractivity contribution in [1.82, 2.24) is 10.2 Å². The molecule has 0 saturated carbocycles. The van der Waals surface area contributed by atoms with Crippen LogP contribution in [0.1, 0.15) is 40.0 Å². The van der Waals surface area contributed by atoms with Crippen molar-refractivity contribution in [2.24, 2.45) is 22.7 Å². The van der Waals surface area contributed by atoms with Gasteiger partial charge in [-0.2, -0.15) is 5.10 Å². The number of nitrogens with one attached hydrogen (secondary N) is 1. The number of hydrazone groups is 1. The number of carbonyl (C=O) groups is 3. The number of likely N-dealkylation sites (tertiary alicyclic amines) is 1. The van der Waals surface area contributed by atoms with Crippen LogP contribution in [0.3, 0.4) is 0 Å². The van der Waals surface area contributed by atoms with Crippen LogP contribution >= 0.6 is 0 Å². The molecule has 2 atom stereocenters. The zero-order chi connectivity index (χ0) is 22.7. The molecule has 2 aliphatic heterocycles. The van der Waals surface area contributed by atoms with E-state index in [9.17, 15) is 18.8 Å². The summed E-state index contributed by atoms with van der Waals surface area (Å²) >= 11 is 0. The number of hydrogen-bond donors (Lipinski definition) is 2. The number of nitrogens with zero attached hydrogens (tertiary/aromatic N) is 3. The third-order valence-corrected chi connectivity index (χ3v) is 6.10. The lowest BCUT2D eigenvalue weighted by Gasteiger charge is -2.32. The number of rotatable bonds is 6. The Balaban J connectivity index is 1.64. The highest BCUT2D eigenvalue weighted by molar-refractivity contribution is 6.40. The molecule has 0 bridgehead atoms. The molecule has 3 amide bonds. The third-order valence-electron chi connectivity index (χ3n) is 6.10. The third kappa shape index (κ3) is 5.21. The summed E-state index contributed by atoms with van der Waals surface area (Å²) in [6.45, 7) is 7.00. The fourth-order valence-corrected chi connectivity index (χ4v) is 3.73. The number of amides is 3. The van der Waals surface area contributed by atoms with Crippen molar-refractivity contribution < 1.29 is 18.8 Å². The highest BCUT2D eigenvalue weighted by atomic mass is 19.1. The second kappa shape index (κ2) is 9.45. The second-order valence-corrected chi connectivity index (χ2v) is 8.60. The Morgan fingerprint density at radius 2 is 1.74 bits per heavy atom. The maximum absolute atomic E-state index is 13.2. The van der Waals surface area contributed by atoms with Gasteiger partial charge >= 0.3 is 0 Å². The lowest BCUT2D eigenvalue weighted by Crippen LogP contribution is -2.47. The Hall–Kier alpha value is -2.97. The zero-order valence-electron chi connectivity index (χ0n) is 18.2. The fraction of sp³-hybridized carbons (Fsp3) is 0.545. The highest BCUT2D eigenvalue weighted by Crippen LogP contribution is 2.26. The van der Waals surface area contributed by atoms with Gasteiger partial charge in [0.1, 0.15) is 17.6 Å². The molecule has 1 fully saturated rings. The van der Waals surface area contributed by atoms with E-state index in [1.54, 1.807) is 4.90 Å². The minimum Gasteiger partial charge on any atom is -0.368 e. The Labute approximate surface area is 181 Å². The molecular weight excluding hydrogens is 401 g/mol. The molecule has 31 heavy (non-hydrogen) atoms. The molecule has 1 aromatic rings. The first-order valence-corrected chi connectivity index (χ1v) is 10.7. The molecule has 2 aliphatic rings. The topological polar surface area (TPSA) is 108 Å². The van der Waals surface area contributed by atoms with Gasteiger partial charge in [-0.25, -0.2) is 4.39 Å². The summed E-state index contributed by atoms with van der Waals surface area (Å²) in [5.41, 5.74) is 6.24. The van der Waals surface area contributed by atoms with Gasteiger partial charge in [0.2, 0.25) is 11.8 Å². The van der Waals surface area contributed by atoms with E-state index in [4.69, 9.17) is 5.73 Å². The van der Waals surface area contributed by atoms with E-state index >= 15 is 0 Å². The number of primary amides is 1. The van der Waals surface area contributed by atoms with Gasteiger partial charge in [-0.15, -0.1) is 0 Å². The minimum atomic E-state index is -0.801. The Kier molecular flexibility index (Phi) is 6.92. The van der Waals surface area contributed by atoms with Gasteiger partial charge in [0.15, 0.2) is 0 Å². The summed E-state index contributed by atoms with van der Waals surface area (Å²) < 4.78 is 13.2. The van der Waals surface area contributed by atoms with Gasteiger partial charge in [0, 0.05) is 31.5 Å². The molecule has 168 valence electrons. The van der Waals surface area contributed by atoms with Gasteiger partial charge in [-0.3, -0.25) is 19.4 Å². The van der Waals surface area contributed by atoms with Crippen LogP contribution < -0.4 is 16.1 Å². The van der Waals surface area contributed by atoms with Crippen molar-refractivity contribution >= 4 is 29.1 Å². The molecule has 3 N–H and O–H groups in total. The predicted octanol–water partition coefficient (Wildman–Crippen LogP) is 1.64. The first kappa shape index (κ1) is 22.7. The molecule has 1 saturated heterocycles. The molecule has 2 heterocycles. The van der Waals surface area contributed by atoms with Crippen LogP contribution in [0.5, 0.6) is 0 Å². The molecule has 9 heteroatoms. The molecule has 0 spiro atoms. The maximum Gasteiger partial charge on any atom is 0.270 e. The fourth-order valence-electron chi connectivity index (χ4n) is 3.73. The lowest BCUT2D eigenvalue weighted by atomic mass is 9.94. The Bertz CT molecular complexity index is 862. The monoisotopic (exact) mass is 431 g/mol. The molecule has 0 aromatic heterocycles. The average Bonchev–Trinajstić information content (AvgIpc) is 3.19. The standard InChI is InChI=1S/C22H30FN5O3/c1-13(2)14(3)25-21(30)15-8-10-27(11-9-15)22(31)18-12-19(20(24)29)28(26-18)17-6-4-16(23)5-7-17/h4-7,13-15,19H,8-12H2,1-3H3,(H2,24,29)(H,25,30). The molecule has 1 aromatic carbocycles. The summed E-state index contributed by atoms with van der Waals surface area (Å²) in [5.74, 6) is -1.01. The molecule has 0 radical (unpaired) electrons. The number of carbonyl (C=O) groups excluding carboxylic acids is 3. The van der Waals surface area contributed by atoms with Crippen molar-refractivity contribution in [2.45, 2.75) is 52.1 Å². The smallest absolute Gasteiger partial charge is 0.270 e. The van der Waals surface area contributed by atoms with E-state index in [1.807, 2.05) is 6.92 Å². The Morgan fingerprint density at radius 3 is 2.29 bits per heavy atom.